The van der Waals surface area contributed by atoms with Crippen LogP contribution in [0.25, 0.3) is 0 Å². The number of para-hydroxylation sites is 1. The third-order valence-electron chi connectivity index (χ3n) is 6.31. The summed E-state index contributed by atoms with van der Waals surface area (Å²) in [6.45, 7) is 8.75. The van der Waals surface area contributed by atoms with Gasteiger partial charge in [0.1, 0.15) is 5.69 Å². The number of hydrogen-bond donors (Lipinski definition) is 2. The second-order valence-corrected chi connectivity index (χ2v) is 8.25. The molecule has 0 spiro atoms. The first-order valence-corrected chi connectivity index (χ1v) is 11.3. The quantitative estimate of drug-likeness (QED) is 0.663. The molecule has 1 saturated heterocycles. The first-order chi connectivity index (χ1) is 15.1. The fourth-order valence-corrected chi connectivity index (χ4v) is 4.44. The molecule has 164 valence electrons. The zero-order valence-electron chi connectivity index (χ0n) is 18.4. The van der Waals surface area contributed by atoms with Crippen LogP contribution in [0.4, 0.5) is 17.2 Å². The van der Waals surface area contributed by atoms with Crippen LogP contribution in [-0.4, -0.2) is 65.2 Å². The Morgan fingerprint density at radius 3 is 2.71 bits per heavy atom. The van der Waals surface area contributed by atoms with Gasteiger partial charge in [-0.3, -0.25) is 14.5 Å². The van der Waals surface area contributed by atoms with E-state index in [2.05, 4.69) is 39.3 Å². The lowest BCUT2D eigenvalue weighted by Crippen LogP contribution is -2.48. The van der Waals surface area contributed by atoms with E-state index in [-0.39, 0.29) is 11.7 Å². The highest BCUT2D eigenvalue weighted by molar-refractivity contribution is 6.12. The fraction of sp³-hybridized carbons (Fsp3) is 0.458. The van der Waals surface area contributed by atoms with Crippen LogP contribution in [0.3, 0.4) is 0 Å². The molecule has 0 aliphatic carbocycles. The van der Waals surface area contributed by atoms with Crippen LogP contribution in [0.15, 0.2) is 36.4 Å². The first-order valence-electron chi connectivity index (χ1n) is 11.3. The zero-order chi connectivity index (χ0) is 21.8. The Labute approximate surface area is 183 Å². The molecular formula is C24H31N5O2. The van der Waals surface area contributed by atoms with Gasteiger partial charge < -0.3 is 15.5 Å². The van der Waals surface area contributed by atoms with Gasteiger partial charge in [0.15, 0.2) is 11.6 Å². The van der Waals surface area contributed by atoms with E-state index in [9.17, 15) is 9.59 Å². The number of rotatable bonds is 7. The molecule has 2 N–H and O–H groups in total. The van der Waals surface area contributed by atoms with Gasteiger partial charge in [0.2, 0.25) is 0 Å². The van der Waals surface area contributed by atoms with Gasteiger partial charge in [0.05, 0.1) is 23.5 Å². The molecule has 2 aromatic rings. The lowest BCUT2D eigenvalue weighted by atomic mass is 10.0. The maximum atomic E-state index is 13.1. The molecule has 31 heavy (non-hydrogen) atoms. The smallest absolute Gasteiger partial charge is 0.257 e. The summed E-state index contributed by atoms with van der Waals surface area (Å²) in [7, 11) is 0. The summed E-state index contributed by atoms with van der Waals surface area (Å²) in [4.78, 5) is 34.9. The number of piperidine rings is 1. The van der Waals surface area contributed by atoms with Crippen molar-refractivity contribution >= 4 is 28.9 Å². The number of fused-ring (bicyclic) bond motifs is 2. The molecule has 0 bridgehead atoms. The summed E-state index contributed by atoms with van der Waals surface area (Å²) in [5.41, 5.74) is 2.24. The number of nitrogens with zero attached hydrogens (tertiary/aromatic N) is 3. The van der Waals surface area contributed by atoms with E-state index in [4.69, 9.17) is 0 Å². The molecule has 1 amide bonds. The molecular weight excluding hydrogens is 390 g/mol. The normalized spacial score (nSPS) is 18.5. The molecule has 3 heterocycles. The molecule has 1 atom stereocenters. The number of hydrogen-bond acceptors (Lipinski definition) is 6. The van der Waals surface area contributed by atoms with E-state index in [1.54, 1.807) is 18.2 Å². The minimum absolute atomic E-state index is 0.0138. The Hall–Kier alpha value is -2.77. The summed E-state index contributed by atoms with van der Waals surface area (Å²) in [5, 5.41) is 6.09. The number of carbonyl (C=O) groups is 2. The van der Waals surface area contributed by atoms with Crippen LogP contribution >= 0.6 is 0 Å². The van der Waals surface area contributed by atoms with Crippen LogP contribution in [0.2, 0.25) is 0 Å². The lowest BCUT2D eigenvalue weighted by Gasteiger charge is -2.37. The summed E-state index contributed by atoms with van der Waals surface area (Å²) in [6, 6.07) is 11.2. The van der Waals surface area contributed by atoms with E-state index in [0.29, 0.717) is 41.0 Å². The summed E-state index contributed by atoms with van der Waals surface area (Å²) >= 11 is 0. The van der Waals surface area contributed by atoms with Gasteiger partial charge in [-0.25, -0.2) is 4.98 Å². The Bertz CT molecular complexity index is 957. The van der Waals surface area contributed by atoms with Crippen LogP contribution in [-0.2, 0) is 0 Å². The van der Waals surface area contributed by atoms with Crippen molar-refractivity contribution < 1.29 is 9.59 Å². The second-order valence-electron chi connectivity index (χ2n) is 8.25. The number of likely N-dealkylation sites (N-methyl/N-ethyl adjacent to an activating group) is 1. The number of anilines is 3. The molecule has 1 aromatic heterocycles. The molecule has 4 rings (SSSR count). The molecule has 7 nitrogen and oxygen atoms in total. The van der Waals surface area contributed by atoms with Crippen LogP contribution in [0.5, 0.6) is 0 Å². The van der Waals surface area contributed by atoms with Gasteiger partial charge in [-0.2, -0.15) is 0 Å². The lowest BCUT2D eigenvalue weighted by molar-refractivity contribution is 0.0769. The van der Waals surface area contributed by atoms with Crippen molar-refractivity contribution in [2.45, 2.75) is 39.2 Å². The van der Waals surface area contributed by atoms with Crippen molar-refractivity contribution in [1.82, 2.24) is 14.8 Å². The highest BCUT2D eigenvalue weighted by atomic mass is 16.1. The van der Waals surface area contributed by atoms with E-state index in [1.807, 2.05) is 18.2 Å². The molecule has 0 saturated carbocycles. The topological polar surface area (TPSA) is 77.6 Å². The van der Waals surface area contributed by atoms with Crippen LogP contribution < -0.4 is 10.6 Å². The number of nitrogens with one attached hydrogen (secondary N) is 2. The largest absolute Gasteiger partial charge is 0.338 e. The molecule has 1 fully saturated rings. The van der Waals surface area contributed by atoms with Crippen molar-refractivity contribution in [3.8, 4) is 0 Å². The predicted octanol–water partition coefficient (Wildman–Crippen LogP) is 3.77. The van der Waals surface area contributed by atoms with Gasteiger partial charge >= 0.3 is 0 Å². The first kappa shape index (κ1) is 21.5. The number of amides is 1. The average Bonchev–Trinajstić information content (AvgIpc) is 2.93. The fourth-order valence-electron chi connectivity index (χ4n) is 4.44. The standard InChI is InChI=1S/C24H31N5O2/c1-3-28(4-2)15-17-9-7-8-14-29(17)16-22(30)20-12-13-21-23(26-20)25-19-11-6-5-10-18(19)24(31)27-21/h5-6,10-13,17H,3-4,7-9,14-16H2,1-2H3,(H,25,26)(H,27,31). The van der Waals surface area contributed by atoms with Crippen molar-refractivity contribution in [2.75, 3.05) is 43.4 Å². The highest BCUT2D eigenvalue weighted by Gasteiger charge is 2.27. The SMILES string of the molecule is CCN(CC)CC1CCCCN1CC(=O)c1ccc2c(n1)Nc1ccccc1C(=O)N2. The van der Waals surface area contributed by atoms with Crippen molar-refractivity contribution in [3.05, 3.63) is 47.7 Å². The number of pyridine rings is 1. The van der Waals surface area contributed by atoms with Crippen molar-refractivity contribution in [1.29, 1.82) is 0 Å². The van der Waals surface area contributed by atoms with Crippen LogP contribution in [0.1, 0.15) is 54.0 Å². The molecule has 2 aliphatic rings. The third-order valence-corrected chi connectivity index (χ3v) is 6.31. The maximum absolute atomic E-state index is 13.1. The predicted molar refractivity (Wildman–Crippen MR) is 123 cm³/mol. The van der Waals surface area contributed by atoms with E-state index in [0.717, 1.165) is 39.0 Å². The Kier molecular flexibility index (Phi) is 6.63. The number of carbonyl (C=O) groups excluding carboxylic acids is 2. The van der Waals surface area contributed by atoms with Gasteiger partial charge in [-0.15, -0.1) is 0 Å². The molecule has 7 heteroatoms. The third kappa shape index (κ3) is 4.78. The molecule has 0 radical (unpaired) electrons. The second kappa shape index (κ2) is 9.58. The maximum Gasteiger partial charge on any atom is 0.257 e. The van der Waals surface area contributed by atoms with Crippen molar-refractivity contribution in [3.63, 3.8) is 0 Å². The number of benzene rings is 1. The number of aromatic nitrogens is 1. The number of likely N-dealkylation sites (tertiary alicyclic amines) is 1. The summed E-state index contributed by atoms with van der Waals surface area (Å²) in [5.74, 6) is 0.331. The van der Waals surface area contributed by atoms with Gasteiger partial charge in [-0.1, -0.05) is 32.4 Å². The minimum atomic E-state index is -0.185. The van der Waals surface area contributed by atoms with Gasteiger partial charge in [0.25, 0.3) is 5.91 Å². The number of Topliss-reactive ketones (excluding diaryl/α,β-unsaturated/α-hetero) is 1. The summed E-state index contributed by atoms with van der Waals surface area (Å²) < 4.78 is 0. The molecule has 2 aliphatic heterocycles. The van der Waals surface area contributed by atoms with Gasteiger partial charge in [0, 0.05) is 12.6 Å². The van der Waals surface area contributed by atoms with E-state index >= 15 is 0 Å². The van der Waals surface area contributed by atoms with E-state index < -0.39 is 0 Å². The Balaban J connectivity index is 1.51. The van der Waals surface area contributed by atoms with Gasteiger partial charge in [-0.05, 0) is 56.7 Å². The minimum Gasteiger partial charge on any atom is -0.338 e. The average molecular weight is 422 g/mol. The van der Waals surface area contributed by atoms with Crippen LogP contribution in [0, 0.1) is 0 Å². The Morgan fingerprint density at radius 1 is 1.10 bits per heavy atom. The molecule has 1 aromatic carbocycles. The highest BCUT2D eigenvalue weighted by Crippen LogP contribution is 2.30. The number of ketones is 1. The monoisotopic (exact) mass is 421 g/mol. The summed E-state index contributed by atoms with van der Waals surface area (Å²) in [6.07, 6.45) is 3.48. The molecule has 1 unspecified atom stereocenters. The van der Waals surface area contributed by atoms with E-state index in [1.165, 1.54) is 6.42 Å². The van der Waals surface area contributed by atoms with Crippen molar-refractivity contribution in [2.24, 2.45) is 0 Å². The zero-order valence-corrected chi connectivity index (χ0v) is 18.4. The Morgan fingerprint density at radius 2 is 1.90 bits per heavy atom.